The molecule has 0 radical (unpaired) electrons. The Kier molecular flexibility index (Phi) is 3.72. The van der Waals surface area contributed by atoms with Crippen LogP contribution in [0.5, 0.6) is 0 Å². The molecule has 17 heavy (non-hydrogen) atoms. The molecule has 98 valence electrons. The Bertz CT molecular complexity index is 253. The van der Waals surface area contributed by atoms with Crippen molar-refractivity contribution in [2.24, 2.45) is 11.8 Å². The van der Waals surface area contributed by atoms with Crippen molar-refractivity contribution in [2.75, 3.05) is 20.1 Å². The molecule has 0 spiro atoms. The Morgan fingerprint density at radius 1 is 0.941 bits per heavy atom. The maximum Gasteiger partial charge on any atom is 0.0111 e. The molecule has 1 saturated heterocycles. The summed E-state index contributed by atoms with van der Waals surface area (Å²) < 4.78 is 0. The molecule has 2 aliphatic carbocycles. The van der Waals surface area contributed by atoms with Gasteiger partial charge in [-0.25, -0.2) is 0 Å². The highest BCUT2D eigenvalue weighted by molar-refractivity contribution is 4.91. The van der Waals surface area contributed by atoms with Gasteiger partial charge in [-0.15, -0.1) is 0 Å². The number of nitrogens with one attached hydrogen (secondary N) is 1. The molecule has 4 unspecified atom stereocenters. The van der Waals surface area contributed by atoms with E-state index in [1.54, 1.807) is 0 Å². The van der Waals surface area contributed by atoms with E-state index in [9.17, 15) is 0 Å². The summed E-state index contributed by atoms with van der Waals surface area (Å²) in [6.07, 6.45) is 11.8. The number of hydrogen-bond acceptors (Lipinski definition) is 2. The molecule has 2 saturated carbocycles. The van der Waals surface area contributed by atoms with Crippen molar-refractivity contribution in [3.8, 4) is 0 Å². The molecule has 1 aliphatic heterocycles. The first-order valence-electron chi connectivity index (χ1n) is 7.78. The lowest BCUT2D eigenvalue weighted by molar-refractivity contribution is 0.0579. The highest BCUT2D eigenvalue weighted by atomic mass is 15.2. The number of rotatable bonds is 2. The van der Waals surface area contributed by atoms with E-state index in [0.29, 0.717) is 0 Å². The van der Waals surface area contributed by atoms with Crippen LogP contribution in [0.15, 0.2) is 0 Å². The van der Waals surface area contributed by atoms with Crippen molar-refractivity contribution in [2.45, 2.75) is 63.5 Å². The van der Waals surface area contributed by atoms with Crippen LogP contribution in [-0.2, 0) is 0 Å². The van der Waals surface area contributed by atoms with E-state index >= 15 is 0 Å². The largest absolute Gasteiger partial charge is 0.317 e. The molecular formula is C15H28N2. The third-order valence-corrected chi connectivity index (χ3v) is 5.65. The SMILES string of the molecule is CNC1CCC(N2CCC3CCCCC3C2)C1. The van der Waals surface area contributed by atoms with E-state index < -0.39 is 0 Å². The smallest absolute Gasteiger partial charge is 0.0111 e. The van der Waals surface area contributed by atoms with Gasteiger partial charge in [0.25, 0.3) is 0 Å². The average molecular weight is 236 g/mol. The highest BCUT2D eigenvalue weighted by Gasteiger charge is 2.36. The summed E-state index contributed by atoms with van der Waals surface area (Å²) >= 11 is 0. The van der Waals surface area contributed by atoms with Crippen LogP contribution in [0.3, 0.4) is 0 Å². The predicted molar refractivity (Wildman–Crippen MR) is 72.1 cm³/mol. The van der Waals surface area contributed by atoms with Gasteiger partial charge in [0.1, 0.15) is 0 Å². The Labute approximate surface area is 106 Å². The van der Waals surface area contributed by atoms with Gasteiger partial charge in [0.2, 0.25) is 0 Å². The molecule has 0 aromatic carbocycles. The second-order valence-electron chi connectivity index (χ2n) is 6.54. The molecule has 1 N–H and O–H groups in total. The van der Waals surface area contributed by atoms with Crippen LogP contribution in [0.1, 0.15) is 51.4 Å². The minimum absolute atomic E-state index is 0.795. The Morgan fingerprint density at radius 2 is 1.76 bits per heavy atom. The third kappa shape index (κ3) is 2.53. The average Bonchev–Trinajstić information content (AvgIpc) is 2.87. The first kappa shape index (κ1) is 12.0. The van der Waals surface area contributed by atoms with Crippen molar-refractivity contribution in [3.05, 3.63) is 0 Å². The minimum atomic E-state index is 0.795. The molecule has 2 nitrogen and oxygen atoms in total. The van der Waals surface area contributed by atoms with Crippen LogP contribution in [0.25, 0.3) is 0 Å². The molecule has 0 bridgehead atoms. The van der Waals surface area contributed by atoms with E-state index in [0.717, 1.165) is 23.9 Å². The summed E-state index contributed by atoms with van der Waals surface area (Å²) in [4.78, 5) is 2.84. The summed E-state index contributed by atoms with van der Waals surface area (Å²) in [6, 6.07) is 1.69. The summed E-state index contributed by atoms with van der Waals surface area (Å²) in [5.41, 5.74) is 0. The molecular weight excluding hydrogens is 208 g/mol. The second-order valence-corrected chi connectivity index (χ2v) is 6.54. The number of fused-ring (bicyclic) bond motifs is 1. The summed E-state index contributed by atoms with van der Waals surface area (Å²) in [5, 5.41) is 3.46. The molecule has 0 aromatic rings. The van der Waals surface area contributed by atoms with Crippen LogP contribution >= 0.6 is 0 Å². The first-order chi connectivity index (χ1) is 8.36. The maximum atomic E-state index is 3.46. The number of piperidine rings is 1. The predicted octanol–water partition coefficient (Wildman–Crippen LogP) is 2.64. The van der Waals surface area contributed by atoms with Crippen molar-refractivity contribution in [3.63, 3.8) is 0 Å². The number of nitrogens with zero attached hydrogens (tertiary/aromatic N) is 1. The fraction of sp³-hybridized carbons (Fsp3) is 1.00. The standard InChI is InChI=1S/C15H28N2/c1-16-14-6-7-15(10-14)17-9-8-12-4-2-3-5-13(12)11-17/h12-16H,2-11H2,1H3. The molecule has 2 heteroatoms. The molecule has 3 aliphatic rings. The lowest BCUT2D eigenvalue weighted by Gasteiger charge is -2.43. The molecule has 3 fully saturated rings. The van der Waals surface area contributed by atoms with Crippen LogP contribution in [0, 0.1) is 11.8 Å². The quantitative estimate of drug-likeness (QED) is 0.793. The Morgan fingerprint density at radius 3 is 2.53 bits per heavy atom. The summed E-state index contributed by atoms with van der Waals surface area (Å²) in [6.45, 7) is 2.81. The molecule has 3 rings (SSSR count). The van der Waals surface area contributed by atoms with E-state index in [4.69, 9.17) is 0 Å². The Hall–Kier alpha value is -0.0800. The van der Waals surface area contributed by atoms with Crippen molar-refractivity contribution < 1.29 is 0 Å². The maximum absolute atomic E-state index is 3.46. The van der Waals surface area contributed by atoms with Gasteiger partial charge in [-0.2, -0.15) is 0 Å². The van der Waals surface area contributed by atoms with Gasteiger partial charge in [-0.1, -0.05) is 19.3 Å². The minimum Gasteiger partial charge on any atom is -0.317 e. The van der Waals surface area contributed by atoms with Gasteiger partial charge in [-0.3, -0.25) is 0 Å². The van der Waals surface area contributed by atoms with Crippen molar-refractivity contribution in [1.29, 1.82) is 0 Å². The molecule has 4 atom stereocenters. The third-order valence-electron chi connectivity index (χ3n) is 5.65. The van der Waals surface area contributed by atoms with Crippen LogP contribution in [0.4, 0.5) is 0 Å². The molecule has 0 amide bonds. The monoisotopic (exact) mass is 236 g/mol. The fourth-order valence-electron chi connectivity index (χ4n) is 4.51. The topological polar surface area (TPSA) is 15.3 Å². The van der Waals surface area contributed by atoms with Gasteiger partial charge < -0.3 is 10.2 Å². The lowest BCUT2D eigenvalue weighted by atomic mass is 9.75. The van der Waals surface area contributed by atoms with E-state index in [2.05, 4.69) is 17.3 Å². The first-order valence-corrected chi connectivity index (χ1v) is 7.78. The fourth-order valence-corrected chi connectivity index (χ4v) is 4.51. The summed E-state index contributed by atoms with van der Waals surface area (Å²) in [7, 11) is 2.13. The zero-order valence-corrected chi connectivity index (χ0v) is 11.3. The molecule has 0 aromatic heterocycles. The van der Waals surface area contributed by atoms with Gasteiger partial charge in [0.15, 0.2) is 0 Å². The lowest BCUT2D eigenvalue weighted by Crippen LogP contribution is -2.46. The molecule has 1 heterocycles. The van der Waals surface area contributed by atoms with E-state index in [1.807, 2.05) is 0 Å². The van der Waals surface area contributed by atoms with E-state index in [-0.39, 0.29) is 0 Å². The van der Waals surface area contributed by atoms with Crippen molar-refractivity contribution >= 4 is 0 Å². The van der Waals surface area contributed by atoms with Crippen molar-refractivity contribution in [1.82, 2.24) is 10.2 Å². The van der Waals surface area contributed by atoms with Crippen LogP contribution < -0.4 is 5.32 Å². The van der Waals surface area contributed by atoms with E-state index in [1.165, 1.54) is 64.5 Å². The van der Waals surface area contributed by atoms with Crippen LogP contribution in [-0.4, -0.2) is 37.1 Å². The zero-order valence-electron chi connectivity index (χ0n) is 11.3. The Balaban J connectivity index is 1.55. The van der Waals surface area contributed by atoms with Gasteiger partial charge in [-0.05, 0) is 57.5 Å². The second kappa shape index (κ2) is 5.27. The zero-order chi connectivity index (χ0) is 11.7. The van der Waals surface area contributed by atoms with Crippen LogP contribution in [0.2, 0.25) is 0 Å². The summed E-state index contributed by atoms with van der Waals surface area (Å²) in [5.74, 6) is 2.13. The highest BCUT2D eigenvalue weighted by Crippen LogP contribution is 2.38. The number of likely N-dealkylation sites (tertiary alicyclic amines) is 1. The van der Waals surface area contributed by atoms with Gasteiger partial charge in [0.05, 0.1) is 0 Å². The van der Waals surface area contributed by atoms with Gasteiger partial charge in [0, 0.05) is 18.6 Å². The number of hydrogen-bond donors (Lipinski definition) is 1. The normalized spacial score (nSPS) is 43.6. The van der Waals surface area contributed by atoms with Gasteiger partial charge >= 0.3 is 0 Å².